The Hall–Kier alpha value is -2.33. The molecule has 1 aliphatic carbocycles. The molecule has 2 aromatic rings. The van der Waals surface area contributed by atoms with E-state index in [-0.39, 0.29) is 11.4 Å². The number of hydrogen-bond donors (Lipinski definition) is 1. The molecule has 1 saturated heterocycles. The molecule has 0 radical (unpaired) electrons. The molecule has 2 aliphatic rings. The summed E-state index contributed by atoms with van der Waals surface area (Å²) in [5.74, 6) is 0.0400. The fourth-order valence-electron chi connectivity index (χ4n) is 3.72. The third-order valence-corrected chi connectivity index (χ3v) is 5.52. The average Bonchev–Trinajstić information content (AvgIpc) is 3.43. The lowest BCUT2D eigenvalue weighted by Gasteiger charge is -2.30. The number of para-hydroxylation sites is 1. The van der Waals surface area contributed by atoms with Gasteiger partial charge in [0.25, 0.3) is 5.91 Å². The molecular weight excluding hydrogens is 324 g/mol. The van der Waals surface area contributed by atoms with E-state index in [2.05, 4.69) is 41.4 Å². The predicted octanol–water partition coefficient (Wildman–Crippen LogP) is 3.34. The molecule has 2 aromatic carbocycles. The van der Waals surface area contributed by atoms with Crippen molar-refractivity contribution < 1.29 is 9.53 Å². The van der Waals surface area contributed by atoms with Crippen LogP contribution in [0.1, 0.15) is 34.3 Å². The van der Waals surface area contributed by atoms with Crippen molar-refractivity contribution in [2.45, 2.75) is 31.7 Å². The first kappa shape index (κ1) is 17.1. The smallest absolute Gasteiger partial charge is 0.253 e. The third kappa shape index (κ3) is 3.61. The highest BCUT2D eigenvalue weighted by atomic mass is 16.5. The van der Waals surface area contributed by atoms with E-state index in [4.69, 9.17) is 4.74 Å². The summed E-state index contributed by atoms with van der Waals surface area (Å²) in [4.78, 5) is 15.3. The molecule has 1 aliphatic heterocycles. The molecule has 26 heavy (non-hydrogen) atoms. The first-order valence-corrected chi connectivity index (χ1v) is 9.46. The normalized spacial score (nSPS) is 18.4. The van der Waals surface area contributed by atoms with Gasteiger partial charge in [-0.2, -0.15) is 0 Å². The van der Waals surface area contributed by atoms with Crippen LogP contribution in [0.3, 0.4) is 0 Å². The van der Waals surface area contributed by atoms with Gasteiger partial charge >= 0.3 is 0 Å². The molecule has 136 valence electrons. The minimum Gasteiger partial charge on any atom is -0.378 e. The van der Waals surface area contributed by atoms with Crippen LogP contribution in [-0.4, -0.2) is 37.7 Å². The molecule has 0 spiro atoms. The van der Waals surface area contributed by atoms with E-state index >= 15 is 0 Å². The standard InChI is InChI=1S/C22H26N2O2/c1-17-6-2-3-7-18(17)16-22(10-11-22)23-21(25)19-8-4-5-9-20(19)24-12-14-26-15-13-24/h2-9H,10-16H2,1H3,(H,23,25). The van der Waals surface area contributed by atoms with Gasteiger partial charge in [-0.05, 0) is 49.4 Å². The minimum absolute atomic E-state index is 0.0400. The topological polar surface area (TPSA) is 41.6 Å². The van der Waals surface area contributed by atoms with Crippen LogP contribution in [0.4, 0.5) is 5.69 Å². The van der Waals surface area contributed by atoms with E-state index in [9.17, 15) is 4.79 Å². The summed E-state index contributed by atoms with van der Waals surface area (Å²) in [6.07, 6.45) is 3.00. The van der Waals surface area contributed by atoms with Gasteiger partial charge in [-0.3, -0.25) is 4.79 Å². The molecule has 1 N–H and O–H groups in total. The van der Waals surface area contributed by atoms with Gasteiger partial charge in [-0.25, -0.2) is 0 Å². The minimum atomic E-state index is -0.0820. The number of aryl methyl sites for hydroxylation is 1. The first-order valence-electron chi connectivity index (χ1n) is 9.46. The summed E-state index contributed by atoms with van der Waals surface area (Å²) in [6, 6.07) is 16.4. The summed E-state index contributed by atoms with van der Waals surface area (Å²) >= 11 is 0. The van der Waals surface area contributed by atoms with E-state index in [1.165, 1.54) is 11.1 Å². The number of ether oxygens (including phenoxy) is 1. The Morgan fingerprint density at radius 1 is 1.08 bits per heavy atom. The summed E-state index contributed by atoms with van der Waals surface area (Å²) in [7, 11) is 0. The Morgan fingerprint density at radius 2 is 1.77 bits per heavy atom. The van der Waals surface area contributed by atoms with E-state index in [1.54, 1.807) is 0 Å². The molecule has 0 bridgehead atoms. The number of amides is 1. The van der Waals surface area contributed by atoms with E-state index in [0.717, 1.165) is 43.6 Å². The van der Waals surface area contributed by atoms with Crippen LogP contribution >= 0.6 is 0 Å². The molecule has 0 aromatic heterocycles. The molecule has 1 amide bonds. The van der Waals surface area contributed by atoms with Crippen LogP contribution in [0, 0.1) is 6.92 Å². The number of rotatable bonds is 5. The van der Waals surface area contributed by atoms with Crippen LogP contribution < -0.4 is 10.2 Å². The first-order chi connectivity index (χ1) is 12.7. The molecule has 4 rings (SSSR count). The lowest BCUT2D eigenvalue weighted by atomic mass is 9.99. The van der Waals surface area contributed by atoms with Crippen molar-refractivity contribution in [3.05, 3.63) is 65.2 Å². The van der Waals surface area contributed by atoms with Crippen LogP contribution in [0.5, 0.6) is 0 Å². The Balaban J connectivity index is 1.51. The maximum absolute atomic E-state index is 13.1. The zero-order chi connectivity index (χ0) is 18.0. The Labute approximate surface area is 155 Å². The van der Waals surface area contributed by atoms with Gasteiger partial charge in [0, 0.05) is 24.3 Å². The Bertz CT molecular complexity index is 792. The van der Waals surface area contributed by atoms with Gasteiger partial charge in [0.1, 0.15) is 0 Å². The van der Waals surface area contributed by atoms with Gasteiger partial charge in [0.15, 0.2) is 0 Å². The Morgan fingerprint density at radius 3 is 2.50 bits per heavy atom. The van der Waals surface area contributed by atoms with Crippen molar-refractivity contribution in [1.29, 1.82) is 0 Å². The zero-order valence-electron chi connectivity index (χ0n) is 15.3. The van der Waals surface area contributed by atoms with E-state index in [1.807, 2.05) is 24.3 Å². The second-order valence-corrected chi connectivity index (χ2v) is 7.45. The molecule has 2 fully saturated rings. The quantitative estimate of drug-likeness (QED) is 0.899. The summed E-state index contributed by atoms with van der Waals surface area (Å²) in [5, 5.41) is 3.34. The lowest BCUT2D eigenvalue weighted by molar-refractivity contribution is 0.0930. The molecule has 0 unspecified atom stereocenters. The molecule has 4 heteroatoms. The van der Waals surface area contributed by atoms with Crippen molar-refractivity contribution in [2.75, 3.05) is 31.2 Å². The molecule has 4 nitrogen and oxygen atoms in total. The number of nitrogens with zero attached hydrogens (tertiary/aromatic N) is 1. The molecular formula is C22H26N2O2. The average molecular weight is 350 g/mol. The van der Waals surface area contributed by atoms with Gasteiger partial charge in [-0.1, -0.05) is 36.4 Å². The fraction of sp³-hybridized carbons (Fsp3) is 0.409. The van der Waals surface area contributed by atoms with Gasteiger partial charge < -0.3 is 15.0 Å². The predicted molar refractivity (Wildman–Crippen MR) is 104 cm³/mol. The van der Waals surface area contributed by atoms with Crippen molar-refractivity contribution in [3.8, 4) is 0 Å². The lowest BCUT2D eigenvalue weighted by Crippen LogP contribution is -2.41. The number of nitrogens with one attached hydrogen (secondary N) is 1. The maximum Gasteiger partial charge on any atom is 0.253 e. The van der Waals surface area contributed by atoms with Crippen molar-refractivity contribution in [3.63, 3.8) is 0 Å². The second kappa shape index (κ2) is 7.12. The number of carbonyl (C=O) groups excluding carboxylic acids is 1. The maximum atomic E-state index is 13.1. The molecule has 0 atom stereocenters. The monoisotopic (exact) mass is 350 g/mol. The SMILES string of the molecule is Cc1ccccc1CC1(NC(=O)c2ccccc2N2CCOCC2)CC1. The number of anilines is 1. The number of carbonyl (C=O) groups is 1. The van der Waals surface area contributed by atoms with Crippen LogP contribution in [-0.2, 0) is 11.2 Å². The third-order valence-electron chi connectivity index (χ3n) is 5.52. The highest BCUT2D eigenvalue weighted by Gasteiger charge is 2.44. The number of morpholine rings is 1. The van der Waals surface area contributed by atoms with Gasteiger partial charge in [0.2, 0.25) is 0 Å². The van der Waals surface area contributed by atoms with Crippen LogP contribution in [0.15, 0.2) is 48.5 Å². The highest BCUT2D eigenvalue weighted by Crippen LogP contribution is 2.39. The number of hydrogen-bond acceptors (Lipinski definition) is 3. The molecule has 1 heterocycles. The van der Waals surface area contributed by atoms with Crippen molar-refractivity contribution >= 4 is 11.6 Å². The summed E-state index contributed by atoms with van der Waals surface area (Å²) in [6.45, 7) is 5.23. The van der Waals surface area contributed by atoms with Crippen LogP contribution in [0.2, 0.25) is 0 Å². The van der Waals surface area contributed by atoms with Crippen molar-refractivity contribution in [1.82, 2.24) is 5.32 Å². The summed E-state index contributed by atoms with van der Waals surface area (Å²) in [5.41, 5.74) is 4.32. The fourth-order valence-corrected chi connectivity index (χ4v) is 3.72. The Kier molecular flexibility index (Phi) is 4.68. The van der Waals surface area contributed by atoms with Gasteiger partial charge in [-0.15, -0.1) is 0 Å². The number of benzene rings is 2. The van der Waals surface area contributed by atoms with E-state index < -0.39 is 0 Å². The highest BCUT2D eigenvalue weighted by molar-refractivity contribution is 6.00. The van der Waals surface area contributed by atoms with Gasteiger partial charge in [0.05, 0.1) is 18.8 Å². The van der Waals surface area contributed by atoms with Crippen molar-refractivity contribution in [2.24, 2.45) is 0 Å². The second-order valence-electron chi connectivity index (χ2n) is 7.45. The largest absolute Gasteiger partial charge is 0.378 e. The zero-order valence-corrected chi connectivity index (χ0v) is 15.3. The molecule has 1 saturated carbocycles. The summed E-state index contributed by atoms with van der Waals surface area (Å²) < 4.78 is 5.45. The van der Waals surface area contributed by atoms with E-state index in [0.29, 0.717) is 13.2 Å². The van der Waals surface area contributed by atoms with Crippen LogP contribution in [0.25, 0.3) is 0 Å².